The highest BCUT2D eigenvalue weighted by atomic mass is 16.5. The van der Waals surface area contributed by atoms with Crippen molar-refractivity contribution in [1.29, 1.82) is 0 Å². The van der Waals surface area contributed by atoms with Crippen LogP contribution in [0.5, 0.6) is 5.75 Å². The lowest BCUT2D eigenvalue weighted by atomic mass is 10.1. The monoisotopic (exact) mass is 398 g/mol. The molecule has 0 unspecified atom stereocenters. The van der Waals surface area contributed by atoms with Crippen molar-refractivity contribution in [2.45, 2.75) is 39.7 Å². The summed E-state index contributed by atoms with van der Waals surface area (Å²) in [5.74, 6) is 0.129. The van der Waals surface area contributed by atoms with E-state index >= 15 is 0 Å². The smallest absolute Gasteiger partial charge is 0.265 e. The summed E-state index contributed by atoms with van der Waals surface area (Å²) >= 11 is 0. The van der Waals surface area contributed by atoms with Crippen LogP contribution < -0.4 is 15.4 Å². The van der Waals surface area contributed by atoms with Crippen molar-refractivity contribution in [2.24, 2.45) is 0 Å². The second-order valence-corrected chi connectivity index (χ2v) is 6.90. The van der Waals surface area contributed by atoms with Crippen molar-refractivity contribution in [3.63, 3.8) is 0 Å². The Morgan fingerprint density at radius 3 is 2.52 bits per heavy atom. The number of carbonyl (C=O) groups excluding carboxylic acids is 2. The van der Waals surface area contributed by atoms with Gasteiger partial charge in [0.1, 0.15) is 5.75 Å². The Bertz CT molecular complexity index is 835. The first kappa shape index (κ1) is 22.4. The number of anilines is 1. The van der Waals surface area contributed by atoms with Gasteiger partial charge in [-0.2, -0.15) is 0 Å². The molecule has 156 valence electrons. The second-order valence-electron chi connectivity index (χ2n) is 6.90. The van der Waals surface area contributed by atoms with E-state index in [-0.39, 0.29) is 11.8 Å². The van der Waals surface area contributed by atoms with Crippen LogP contribution in [0.3, 0.4) is 0 Å². The standard InChI is InChI=1S/C23H30N2O4/c1-5-21(29-18-12-11-16(2)17(3)15-18)23(27)25-20-10-7-6-9-19(20)22(26)24-13-8-14-28-4/h6-7,9-12,15,21H,5,8,13-14H2,1-4H3,(H,24,26)(H,25,27)/t21-/m1/s1. The number of hydrogen-bond donors (Lipinski definition) is 2. The van der Waals surface area contributed by atoms with Crippen molar-refractivity contribution in [3.05, 3.63) is 59.2 Å². The van der Waals surface area contributed by atoms with Gasteiger partial charge in [-0.1, -0.05) is 25.1 Å². The molecule has 0 radical (unpaired) electrons. The molecule has 0 heterocycles. The molecule has 2 amide bonds. The molecule has 0 saturated carbocycles. The number of nitrogens with one attached hydrogen (secondary N) is 2. The summed E-state index contributed by atoms with van der Waals surface area (Å²) in [6.07, 6.45) is 0.567. The first-order valence-corrected chi connectivity index (χ1v) is 9.87. The van der Waals surface area contributed by atoms with Gasteiger partial charge in [-0.05, 0) is 62.1 Å². The van der Waals surface area contributed by atoms with Gasteiger partial charge in [0.2, 0.25) is 0 Å². The molecule has 0 aromatic heterocycles. The van der Waals surface area contributed by atoms with Gasteiger partial charge >= 0.3 is 0 Å². The minimum absolute atomic E-state index is 0.236. The SMILES string of the molecule is CC[C@@H](Oc1ccc(C)c(C)c1)C(=O)Nc1ccccc1C(=O)NCCCOC. The molecule has 0 aliphatic rings. The normalized spacial score (nSPS) is 11.6. The Kier molecular flexibility index (Phi) is 8.68. The number of rotatable bonds is 10. The number of methoxy groups -OCH3 is 1. The minimum atomic E-state index is -0.657. The third-order valence-electron chi connectivity index (χ3n) is 4.66. The lowest BCUT2D eigenvalue weighted by molar-refractivity contribution is -0.122. The van der Waals surface area contributed by atoms with Crippen LogP contribution in [0.1, 0.15) is 41.3 Å². The molecule has 0 bridgehead atoms. The predicted molar refractivity (Wildman–Crippen MR) is 115 cm³/mol. The average Bonchev–Trinajstić information content (AvgIpc) is 2.72. The zero-order chi connectivity index (χ0) is 21.2. The lowest BCUT2D eigenvalue weighted by Crippen LogP contribution is -2.33. The Labute approximate surface area is 172 Å². The molecule has 2 aromatic rings. The van der Waals surface area contributed by atoms with E-state index in [2.05, 4.69) is 10.6 Å². The summed E-state index contributed by atoms with van der Waals surface area (Å²) in [4.78, 5) is 25.3. The van der Waals surface area contributed by atoms with Crippen LogP contribution in [0.2, 0.25) is 0 Å². The van der Waals surface area contributed by atoms with E-state index < -0.39 is 6.10 Å². The van der Waals surface area contributed by atoms with Crippen LogP contribution in [0.25, 0.3) is 0 Å². The van der Waals surface area contributed by atoms with Gasteiger partial charge in [0, 0.05) is 20.3 Å². The highest BCUT2D eigenvalue weighted by Crippen LogP contribution is 2.20. The molecule has 0 fully saturated rings. The van der Waals surface area contributed by atoms with Crippen LogP contribution in [0.15, 0.2) is 42.5 Å². The lowest BCUT2D eigenvalue weighted by Gasteiger charge is -2.19. The number of benzene rings is 2. The number of para-hydroxylation sites is 1. The quantitative estimate of drug-likeness (QED) is 0.596. The molecule has 2 rings (SSSR count). The van der Waals surface area contributed by atoms with Gasteiger partial charge in [0.05, 0.1) is 11.3 Å². The summed E-state index contributed by atoms with van der Waals surface area (Å²) in [5.41, 5.74) is 3.15. The largest absolute Gasteiger partial charge is 0.481 e. The molecule has 0 saturated heterocycles. The molecule has 2 N–H and O–H groups in total. The van der Waals surface area contributed by atoms with Gasteiger partial charge in [-0.3, -0.25) is 9.59 Å². The van der Waals surface area contributed by atoms with Crippen molar-refractivity contribution in [1.82, 2.24) is 5.32 Å². The van der Waals surface area contributed by atoms with Gasteiger partial charge in [-0.25, -0.2) is 0 Å². The highest BCUT2D eigenvalue weighted by Gasteiger charge is 2.21. The summed E-state index contributed by atoms with van der Waals surface area (Å²) < 4.78 is 10.9. The Morgan fingerprint density at radius 1 is 1.07 bits per heavy atom. The number of carbonyl (C=O) groups is 2. The van der Waals surface area contributed by atoms with E-state index in [1.54, 1.807) is 31.4 Å². The van der Waals surface area contributed by atoms with E-state index in [0.29, 0.717) is 36.6 Å². The highest BCUT2D eigenvalue weighted by molar-refractivity contribution is 6.04. The average molecular weight is 399 g/mol. The molecule has 1 atom stereocenters. The fraction of sp³-hybridized carbons (Fsp3) is 0.391. The molecule has 6 nitrogen and oxygen atoms in total. The maximum absolute atomic E-state index is 12.8. The summed E-state index contributed by atoms with van der Waals surface area (Å²) in [6.45, 7) is 7.00. The Balaban J connectivity index is 2.06. The molecule has 0 aliphatic carbocycles. The van der Waals surface area contributed by atoms with Crippen LogP contribution in [-0.4, -0.2) is 38.2 Å². The van der Waals surface area contributed by atoms with Crippen molar-refractivity contribution in [2.75, 3.05) is 25.6 Å². The maximum Gasteiger partial charge on any atom is 0.265 e. The van der Waals surface area contributed by atoms with Gasteiger partial charge in [0.25, 0.3) is 11.8 Å². The molecule has 0 spiro atoms. The first-order valence-electron chi connectivity index (χ1n) is 9.87. The van der Waals surface area contributed by atoms with E-state index in [4.69, 9.17) is 9.47 Å². The zero-order valence-corrected chi connectivity index (χ0v) is 17.6. The molecule has 29 heavy (non-hydrogen) atoms. The number of ether oxygens (including phenoxy) is 2. The topological polar surface area (TPSA) is 76.7 Å². The van der Waals surface area contributed by atoms with E-state index in [0.717, 1.165) is 12.0 Å². The molecule has 2 aromatic carbocycles. The second kappa shape index (κ2) is 11.2. The van der Waals surface area contributed by atoms with Crippen LogP contribution in [0.4, 0.5) is 5.69 Å². The van der Waals surface area contributed by atoms with Crippen molar-refractivity contribution < 1.29 is 19.1 Å². The minimum Gasteiger partial charge on any atom is -0.481 e. The molecule has 0 aliphatic heterocycles. The maximum atomic E-state index is 12.8. The predicted octanol–water partition coefficient (Wildman–Crippen LogP) is 3.87. The van der Waals surface area contributed by atoms with Crippen LogP contribution in [0, 0.1) is 13.8 Å². The fourth-order valence-electron chi connectivity index (χ4n) is 2.79. The number of aryl methyl sites for hydroxylation is 2. The number of amides is 2. The first-order chi connectivity index (χ1) is 14.0. The van der Waals surface area contributed by atoms with Crippen LogP contribution in [-0.2, 0) is 9.53 Å². The van der Waals surface area contributed by atoms with Crippen molar-refractivity contribution in [3.8, 4) is 5.75 Å². The van der Waals surface area contributed by atoms with E-state index in [1.807, 2.05) is 39.0 Å². The summed E-state index contributed by atoms with van der Waals surface area (Å²) in [5, 5.41) is 5.68. The van der Waals surface area contributed by atoms with Gasteiger partial charge in [-0.15, -0.1) is 0 Å². The molecular weight excluding hydrogens is 368 g/mol. The van der Waals surface area contributed by atoms with Crippen molar-refractivity contribution >= 4 is 17.5 Å². The third-order valence-corrected chi connectivity index (χ3v) is 4.66. The molecular formula is C23H30N2O4. The Hall–Kier alpha value is -2.86. The third kappa shape index (κ3) is 6.61. The van der Waals surface area contributed by atoms with E-state index in [1.165, 1.54) is 5.56 Å². The fourth-order valence-corrected chi connectivity index (χ4v) is 2.79. The van der Waals surface area contributed by atoms with Gasteiger partial charge < -0.3 is 20.1 Å². The Morgan fingerprint density at radius 2 is 1.83 bits per heavy atom. The molecule has 6 heteroatoms. The summed E-state index contributed by atoms with van der Waals surface area (Å²) in [7, 11) is 1.62. The number of hydrogen-bond acceptors (Lipinski definition) is 4. The van der Waals surface area contributed by atoms with Crippen LogP contribution >= 0.6 is 0 Å². The van der Waals surface area contributed by atoms with E-state index in [9.17, 15) is 9.59 Å². The zero-order valence-electron chi connectivity index (χ0n) is 17.6. The summed E-state index contributed by atoms with van der Waals surface area (Å²) in [6, 6.07) is 12.7. The van der Waals surface area contributed by atoms with Gasteiger partial charge in [0.15, 0.2) is 6.10 Å².